The van der Waals surface area contributed by atoms with Crippen LogP contribution >= 0.6 is 0 Å². The number of hydrogen-bond donors (Lipinski definition) is 17. The smallest absolute Gasteiger partial charge is 0.187 e. The molecule has 6 aliphatic heterocycles. The Morgan fingerprint density at radius 2 is 0.762 bits per heavy atom. The van der Waals surface area contributed by atoms with Crippen LogP contribution in [0.15, 0.2) is 0 Å². The number of aliphatic hydroxyl groups excluding tert-OH is 17. The van der Waals surface area contributed by atoms with Crippen molar-refractivity contribution in [3.8, 4) is 0 Å². The molecule has 28 heteroatoms. The molecule has 0 aromatic rings. The Kier molecular flexibility index (Phi) is 17.5. The van der Waals surface area contributed by atoms with Crippen molar-refractivity contribution in [2.75, 3.05) is 26.4 Å². The Bertz CT molecular complexity index is 1420. The fourth-order valence-electron chi connectivity index (χ4n) is 8.10. The maximum Gasteiger partial charge on any atom is 0.187 e. The van der Waals surface area contributed by atoms with E-state index in [1.807, 2.05) is 0 Å². The molecule has 29 atom stereocenters. The van der Waals surface area contributed by atoms with Crippen LogP contribution in [0, 0.1) is 0 Å². The van der Waals surface area contributed by atoms with Gasteiger partial charge in [-0.25, -0.2) is 0 Å². The van der Waals surface area contributed by atoms with E-state index in [0.717, 1.165) is 0 Å². The Morgan fingerprint density at radius 1 is 0.349 bits per heavy atom. The van der Waals surface area contributed by atoms with Crippen LogP contribution in [0.2, 0.25) is 0 Å². The third-order valence-electron chi connectivity index (χ3n) is 12.0. The van der Waals surface area contributed by atoms with Gasteiger partial charge in [-0.2, -0.15) is 0 Å². The maximum absolute atomic E-state index is 11.5. The predicted octanol–water partition coefficient (Wildman–Crippen LogP) is -11.4. The second kappa shape index (κ2) is 21.5. The summed E-state index contributed by atoms with van der Waals surface area (Å²) in [7, 11) is 0. The SMILES string of the molecule is C[C@@H]1O[C@@H](O[C@H]2[C@H](O[C@H]3[C@H](O)[C@@H](CO)O[C@@H](O)[C@@H]3O[C@@H]3O[C@@H](C)[C@H](O[C@@H]4OC[C@@H](O)[C@H](O)[C@H]4O)[C@@H](O)[C@H]3O)O[C@H](CO)[C@@H](O)[C@@H]2O[C@@H]2O[C@H](CO)[C@@H](O)[C@H](O)[C@H]2O)[C@H](O)[C@H](O)[C@H]1O. The lowest BCUT2D eigenvalue weighted by atomic mass is 9.95. The molecule has 6 fully saturated rings. The highest BCUT2D eigenvalue weighted by Gasteiger charge is 2.58. The average molecular weight is 929 g/mol. The Hall–Kier alpha value is -1.12. The first-order valence-corrected chi connectivity index (χ1v) is 20.3. The number of aliphatic hydroxyl groups is 17. The minimum atomic E-state index is -2.17. The fourth-order valence-corrected chi connectivity index (χ4v) is 8.10. The summed E-state index contributed by atoms with van der Waals surface area (Å²) in [5.74, 6) is 0. The molecule has 17 N–H and O–H groups in total. The van der Waals surface area contributed by atoms with Gasteiger partial charge in [0, 0.05) is 0 Å². The molecule has 0 aromatic heterocycles. The van der Waals surface area contributed by atoms with E-state index in [4.69, 9.17) is 52.1 Å². The van der Waals surface area contributed by atoms with Crippen molar-refractivity contribution in [2.24, 2.45) is 0 Å². The van der Waals surface area contributed by atoms with Crippen LogP contribution < -0.4 is 0 Å². The average Bonchev–Trinajstić information content (AvgIpc) is 3.26. The first-order valence-electron chi connectivity index (χ1n) is 20.3. The van der Waals surface area contributed by atoms with Gasteiger partial charge in [0.15, 0.2) is 37.7 Å². The van der Waals surface area contributed by atoms with Gasteiger partial charge in [-0.1, -0.05) is 0 Å². The summed E-state index contributed by atoms with van der Waals surface area (Å²) in [4.78, 5) is 0. The first-order chi connectivity index (χ1) is 29.7. The Labute approximate surface area is 357 Å². The van der Waals surface area contributed by atoms with Gasteiger partial charge < -0.3 is 139 Å². The standard InChI is InChI=1S/C35H60O28/c1-7-13(40)18(45)22(49)32(54-7)63-29-27(60-34-23(50)19(46)15(42)10(3-36)57-34)17(44)12(5-38)58-35(29)61-26-16(43)11(4-37)56-30(52)28(26)62-33-24(51)20(47)25(8(2)55-33)59-31-21(48)14(41)9(39)6-53-31/h7-52H,3-6H2,1-2H3/t7-,8-,9+,10+,11+,12+,13-,14-,15+,16+,17+,18+,19-,20-,21+,22+,23+,24+,25-,26-,27-,28+,29+,30+,31-,32-,33-,34-,35-/m0/s1. The van der Waals surface area contributed by atoms with Gasteiger partial charge in [0.1, 0.15) is 128 Å². The van der Waals surface area contributed by atoms with E-state index in [9.17, 15) is 86.8 Å². The normalized spacial score (nSPS) is 54.8. The summed E-state index contributed by atoms with van der Waals surface area (Å²) in [5, 5.41) is 180. The monoisotopic (exact) mass is 928 g/mol. The third kappa shape index (κ3) is 10.5. The highest BCUT2D eigenvalue weighted by Crippen LogP contribution is 2.38. The van der Waals surface area contributed by atoms with Crippen molar-refractivity contribution in [3.63, 3.8) is 0 Å². The molecule has 0 aliphatic carbocycles. The molecule has 0 amide bonds. The molecule has 0 bridgehead atoms. The van der Waals surface area contributed by atoms with Crippen LogP contribution in [-0.2, 0) is 52.1 Å². The fraction of sp³-hybridized carbons (Fsp3) is 1.00. The van der Waals surface area contributed by atoms with Crippen LogP contribution in [-0.4, -0.2) is 291 Å². The van der Waals surface area contributed by atoms with Crippen LogP contribution in [0.4, 0.5) is 0 Å². The van der Waals surface area contributed by atoms with Gasteiger partial charge in [-0.3, -0.25) is 0 Å². The maximum atomic E-state index is 11.5. The van der Waals surface area contributed by atoms with Crippen LogP contribution in [0.25, 0.3) is 0 Å². The van der Waals surface area contributed by atoms with Crippen molar-refractivity contribution in [1.29, 1.82) is 0 Å². The summed E-state index contributed by atoms with van der Waals surface area (Å²) in [6.07, 6.45) is -53.1. The van der Waals surface area contributed by atoms with Crippen molar-refractivity contribution >= 4 is 0 Å². The van der Waals surface area contributed by atoms with E-state index in [1.54, 1.807) is 0 Å². The summed E-state index contributed by atoms with van der Waals surface area (Å²) in [6, 6.07) is 0. The minimum Gasteiger partial charge on any atom is -0.394 e. The van der Waals surface area contributed by atoms with Crippen molar-refractivity contribution in [2.45, 2.75) is 192 Å². The van der Waals surface area contributed by atoms with Crippen LogP contribution in [0.5, 0.6) is 0 Å². The lowest BCUT2D eigenvalue weighted by molar-refractivity contribution is -0.413. The zero-order valence-electron chi connectivity index (χ0n) is 33.7. The van der Waals surface area contributed by atoms with Gasteiger partial charge in [0.05, 0.1) is 38.6 Å². The number of rotatable bonds is 13. The summed E-state index contributed by atoms with van der Waals surface area (Å²) >= 11 is 0. The quantitative estimate of drug-likeness (QED) is 0.0815. The molecule has 0 radical (unpaired) electrons. The zero-order valence-corrected chi connectivity index (χ0v) is 33.7. The zero-order chi connectivity index (χ0) is 46.3. The lowest BCUT2D eigenvalue weighted by Gasteiger charge is -2.51. The molecule has 6 saturated heterocycles. The molecule has 28 nitrogen and oxygen atoms in total. The molecular formula is C35H60O28. The molecule has 0 saturated carbocycles. The molecule has 6 heterocycles. The summed E-state index contributed by atoms with van der Waals surface area (Å²) < 4.78 is 62.7. The van der Waals surface area contributed by atoms with Crippen molar-refractivity contribution in [1.82, 2.24) is 0 Å². The van der Waals surface area contributed by atoms with Gasteiger partial charge >= 0.3 is 0 Å². The topological polar surface area (TPSA) is 445 Å². The largest absolute Gasteiger partial charge is 0.394 e. The Balaban J connectivity index is 1.29. The Morgan fingerprint density at radius 3 is 1.37 bits per heavy atom. The van der Waals surface area contributed by atoms with E-state index in [2.05, 4.69) is 0 Å². The number of hydrogen-bond acceptors (Lipinski definition) is 28. The van der Waals surface area contributed by atoms with Crippen LogP contribution in [0.3, 0.4) is 0 Å². The van der Waals surface area contributed by atoms with Gasteiger partial charge in [-0.05, 0) is 13.8 Å². The van der Waals surface area contributed by atoms with E-state index >= 15 is 0 Å². The molecule has 368 valence electrons. The van der Waals surface area contributed by atoms with Gasteiger partial charge in [0.25, 0.3) is 0 Å². The highest BCUT2D eigenvalue weighted by molar-refractivity contribution is 5.00. The summed E-state index contributed by atoms with van der Waals surface area (Å²) in [6.45, 7) is -0.709. The summed E-state index contributed by atoms with van der Waals surface area (Å²) in [5.41, 5.74) is 0. The number of ether oxygens (including phenoxy) is 11. The van der Waals surface area contributed by atoms with Gasteiger partial charge in [0.2, 0.25) is 0 Å². The van der Waals surface area contributed by atoms with Crippen molar-refractivity contribution < 1.29 is 139 Å². The van der Waals surface area contributed by atoms with Crippen LogP contribution in [0.1, 0.15) is 13.8 Å². The van der Waals surface area contributed by atoms with Crippen molar-refractivity contribution in [3.05, 3.63) is 0 Å². The molecular weight excluding hydrogens is 868 g/mol. The third-order valence-corrected chi connectivity index (χ3v) is 12.0. The van der Waals surface area contributed by atoms with Gasteiger partial charge in [-0.15, -0.1) is 0 Å². The lowest BCUT2D eigenvalue weighted by Crippen LogP contribution is -2.69. The molecule has 63 heavy (non-hydrogen) atoms. The van der Waals surface area contributed by atoms with E-state index in [-0.39, 0.29) is 0 Å². The predicted molar refractivity (Wildman–Crippen MR) is 190 cm³/mol. The van der Waals surface area contributed by atoms with E-state index in [0.29, 0.717) is 0 Å². The second-order valence-corrected chi connectivity index (χ2v) is 16.3. The first kappa shape index (κ1) is 51.3. The molecule has 0 spiro atoms. The molecule has 0 aromatic carbocycles. The second-order valence-electron chi connectivity index (χ2n) is 16.3. The minimum absolute atomic E-state index is 0.457. The molecule has 0 unspecified atom stereocenters. The molecule has 6 rings (SSSR count). The highest BCUT2D eigenvalue weighted by atomic mass is 16.8. The molecule has 6 aliphatic rings. The van der Waals surface area contributed by atoms with E-state index < -0.39 is 205 Å². The van der Waals surface area contributed by atoms with E-state index in [1.165, 1.54) is 13.8 Å².